The number of amides is 1. The molecular weight excluding hydrogens is 316 g/mol. The summed E-state index contributed by atoms with van der Waals surface area (Å²) in [5.74, 6) is 0.415. The molecule has 1 N–H and O–H groups in total. The zero-order chi connectivity index (χ0) is 17.2. The fraction of sp³-hybridized carbons (Fsp3) is 0.316. The molecule has 0 radical (unpaired) electrons. The maximum Gasteiger partial charge on any atom is 0.274 e. The van der Waals surface area contributed by atoms with Crippen molar-refractivity contribution in [2.75, 3.05) is 0 Å². The molecule has 1 aliphatic rings. The third-order valence-electron chi connectivity index (χ3n) is 4.86. The highest BCUT2D eigenvalue weighted by Crippen LogP contribution is 2.37. The topological polar surface area (TPSA) is 73.0 Å². The standard InChI is InChI=1S/C19H20N4O2/c1-2-16-18(21-12-25-16)19(24)22-17-14-6-4-3-5-13(14)7-8-15(17)23-10-9-20-11-23/h3-6,9-12,15,17H,2,7-8H2,1H3,(H,22,24)/t15-,17+/m0/s1. The van der Waals surface area contributed by atoms with E-state index in [1.807, 2.05) is 31.6 Å². The van der Waals surface area contributed by atoms with Crippen LogP contribution in [0.3, 0.4) is 0 Å². The van der Waals surface area contributed by atoms with Gasteiger partial charge in [-0.2, -0.15) is 0 Å². The first kappa shape index (κ1) is 15.6. The molecule has 6 heteroatoms. The van der Waals surface area contributed by atoms with E-state index >= 15 is 0 Å². The van der Waals surface area contributed by atoms with Crippen molar-refractivity contribution >= 4 is 5.91 Å². The van der Waals surface area contributed by atoms with Crippen LogP contribution in [0.15, 0.2) is 53.8 Å². The summed E-state index contributed by atoms with van der Waals surface area (Å²) in [5.41, 5.74) is 2.80. The number of imidazole rings is 1. The van der Waals surface area contributed by atoms with Crippen molar-refractivity contribution < 1.29 is 9.21 Å². The summed E-state index contributed by atoms with van der Waals surface area (Å²) in [6, 6.07) is 8.27. The molecule has 1 aromatic carbocycles. The highest BCUT2D eigenvalue weighted by Gasteiger charge is 2.32. The predicted molar refractivity (Wildman–Crippen MR) is 92.1 cm³/mol. The van der Waals surface area contributed by atoms with E-state index in [0.717, 1.165) is 18.4 Å². The van der Waals surface area contributed by atoms with Crippen LogP contribution in [0.4, 0.5) is 0 Å². The molecule has 6 nitrogen and oxygen atoms in total. The van der Waals surface area contributed by atoms with Crippen LogP contribution >= 0.6 is 0 Å². The molecule has 0 fully saturated rings. The van der Waals surface area contributed by atoms with Gasteiger partial charge in [-0.3, -0.25) is 4.79 Å². The van der Waals surface area contributed by atoms with Gasteiger partial charge in [0.2, 0.25) is 0 Å². The van der Waals surface area contributed by atoms with E-state index in [-0.39, 0.29) is 18.0 Å². The van der Waals surface area contributed by atoms with Gasteiger partial charge in [-0.25, -0.2) is 9.97 Å². The van der Waals surface area contributed by atoms with Gasteiger partial charge in [0.1, 0.15) is 5.76 Å². The number of benzene rings is 1. The van der Waals surface area contributed by atoms with Crippen molar-refractivity contribution in [3.8, 4) is 0 Å². The number of nitrogens with one attached hydrogen (secondary N) is 1. The molecule has 2 aromatic heterocycles. The zero-order valence-corrected chi connectivity index (χ0v) is 14.1. The van der Waals surface area contributed by atoms with E-state index in [1.165, 1.54) is 12.0 Å². The molecule has 3 aromatic rings. The summed E-state index contributed by atoms with van der Waals surface area (Å²) in [6.45, 7) is 1.95. The number of oxazole rings is 1. The molecule has 0 saturated heterocycles. The van der Waals surface area contributed by atoms with Crippen molar-refractivity contribution in [1.82, 2.24) is 19.9 Å². The number of fused-ring (bicyclic) bond motifs is 1. The van der Waals surface area contributed by atoms with Crippen molar-refractivity contribution in [3.63, 3.8) is 0 Å². The molecule has 1 amide bonds. The summed E-state index contributed by atoms with van der Waals surface area (Å²) in [6.07, 6.45) is 9.42. The molecule has 0 saturated carbocycles. The van der Waals surface area contributed by atoms with Crippen LogP contribution < -0.4 is 5.32 Å². The lowest BCUT2D eigenvalue weighted by atomic mass is 9.83. The predicted octanol–water partition coefficient (Wildman–Crippen LogP) is 3.09. The minimum absolute atomic E-state index is 0.123. The number of hydrogen-bond acceptors (Lipinski definition) is 4. The largest absolute Gasteiger partial charge is 0.448 e. The fourth-order valence-electron chi connectivity index (χ4n) is 3.62. The SMILES string of the molecule is CCc1ocnc1C(=O)N[C@@H]1c2ccccc2CC[C@@H]1n1ccnc1. The Kier molecular flexibility index (Phi) is 4.09. The normalized spacial score (nSPS) is 19.4. The minimum atomic E-state index is -0.197. The molecule has 0 bridgehead atoms. The van der Waals surface area contributed by atoms with Gasteiger partial charge in [0.05, 0.1) is 18.4 Å². The molecular formula is C19H20N4O2. The van der Waals surface area contributed by atoms with E-state index in [9.17, 15) is 4.79 Å². The van der Waals surface area contributed by atoms with Crippen molar-refractivity contribution in [2.45, 2.75) is 38.3 Å². The molecule has 128 valence electrons. The summed E-state index contributed by atoms with van der Waals surface area (Å²) >= 11 is 0. The van der Waals surface area contributed by atoms with Gasteiger partial charge in [-0.1, -0.05) is 31.2 Å². The molecule has 0 spiro atoms. The Morgan fingerprint density at radius 3 is 3.08 bits per heavy atom. The lowest BCUT2D eigenvalue weighted by molar-refractivity contribution is 0.0911. The Labute approximate surface area is 145 Å². The highest BCUT2D eigenvalue weighted by molar-refractivity contribution is 5.93. The number of aryl methyl sites for hydroxylation is 2. The maximum atomic E-state index is 12.8. The Morgan fingerprint density at radius 2 is 2.28 bits per heavy atom. The average Bonchev–Trinajstić information content (AvgIpc) is 3.33. The second-order valence-corrected chi connectivity index (χ2v) is 6.24. The van der Waals surface area contributed by atoms with Crippen LogP contribution in [0, 0.1) is 0 Å². The van der Waals surface area contributed by atoms with Gasteiger partial charge in [-0.15, -0.1) is 0 Å². The number of hydrogen-bond donors (Lipinski definition) is 1. The smallest absolute Gasteiger partial charge is 0.274 e. The zero-order valence-electron chi connectivity index (χ0n) is 14.1. The van der Waals surface area contributed by atoms with E-state index in [0.29, 0.717) is 17.9 Å². The van der Waals surface area contributed by atoms with Gasteiger partial charge in [0.15, 0.2) is 12.1 Å². The van der Waals surface area contributed by atoms with Crippen molar-refractivity contribution in [1.29, 1.82) is 0 Å². The Bertz CT molecular complexity index is 869. The van der Waals surface area contributed by atoms with Crippen LogP contribution in [0.5, 0.6) is 0 Å². The average molecular weight is 336 g/mol. The van der Waals surface area contributed by atoms with Gasteiger partial charge in [-0.05, 0) is 24.0 Å². The number of carbonyl (C=O) groups excluding carboxylic acids is 1. The van der Waals surface area contributed by atoms with Crippen LogP contribution in [-0.2, 0) is 12.8 Å². The van der Waals surface area contributed by atoms with E-state index < -0.39 is 0 Å². The van der Waals surface area contributed by atoms with Crippen LogP contribution in [0.1, 0.15) is 52.8 Å². The number of rotatable bonds is 4. The molecule has 4 rings (SSSR count). The minimum Gasteiger partial charge on any atom is -0.448 e. The molecule has 2 heterocycles. The van der Waals surface area contributed by atoms with Crippen LogP contribution in [0.2, 0.25) is 0 Å². The van der Waals surface area contributed by atoms with Crippen LogP contribution in [-0.4, -0.2) is 20.4 Å². The first-order valence-electron chi connectivity index (χ1n) is 8.56. The molecule has 2 atom stereocenters. The summed E-state index contributed by atoms with van der Waals surface area (Å²) in [4.78, 5) is 21.1. The Morgan fingerprint density at radius 1 is 1.40 bits per heavy atom. The van der Waals surface area contributed by atoms with Crippen molar-refractivity contribution in [2.24, 2.45) is 0 Å². The first-order chi connectivity index (χ1) is 12.3. The number of carbonyl (C=O) groups is 1. The van der Waals surface area contributed by atoms with Gasteiger partial charge < -0.3 is 14.3 Å². The summed E-state index contributed by atoms with van der Waals surface area (Å²) in [5, 5.41) is 3.18. The fourth-order valence-corrected chi connectivity index (χ4v) is 3.62. The third kappa shape index (κ3) is 2.84. The Balaban J connectivity index is 1.69. The molecule has 0 unspecified atom stereocenters. The van der Waals surface area contributed by atoms with E-state index in [2.05, 4.69) is 32.0 Å². The van der Waals surface area contributed by atoms with E-state index in [4.69, 9.17) is 4.42 Å². The summed E-state index contributed by atoms with van der Waals surface area (Å²) < 4.78 is 7.38. The van der Waals surface area contributed by atoms with Crippen molar-refractivity contribution in [3.05, 3.63) is 72.0 Å². The third-order valence-corrected chi connectivity index (χ3v) is 4.86. The molecule has 25 heavy (non-hydrogen) atoms. The lowest BCUT2D eigenvalue weighted by Crippen LogP contribution is -2.37. The van der Waals surface area contributed by atoms with Gasteiger partial charge >= 0.3 is 0 Å². The monoisotopic (exact) mass is 336 g/mol. The van der Waals surface area contributed by atoms with Gasteiger partial charge in [0.25, 0.3) is 5.91 Å². The van der Waals surface area contributed by atoms with Gasteiger partial charge in [0, 0.05) is 18.8 Å². The Hall–Kier alpha value is -2.89. The number of aromatic nitrogens is 3. The lowest BCUT2D eigenvalue weighted by Gasteiger charge is -2.34. The molecule has 1 aliphatic carbocycles. The number of nitrogens with zero attached hydrogens (tertiary/aromatic N) is 3. The second kappa shape index (κ2) is 6.55. The van der Waals surface area contributed by atoms with Crippen LogP contribution in [0.25, 0.3) is 0 Å². The highest BCUT2D eigenvalue weighted by atomic mass is 16.3. The molecule has 0 aliphatic heterocycles. The first-order valence-corrected chi connectivity index (χ1v) is 8.56. The quantitative estimate of drug-likeness (QED) is 0.794. The van der Waals surface area contributed by atoms with E-state index in [1.54, 1.807) is 6.20 Å². The summed E-state index contributed by atoms with van der Waals surface area (Å²) in [7, 11) is 0. The maximum absolute atomic E-state index is 12.8. The second-order valence-electron chi connectivity index (χ2n) is 6.24.